The first kappa shape index (κ1) is 29.4. The zero-order valence-corrected chi connectivity index (χ0v) is 26.3. The second-order valence-corrected chi connectivity index (χ2v) is 15.7. The molecule has 3 heterocycles. The number of carbonyl (C=O) groups is 2. The highest BCUT2D eigenvalue weighted by Gasteiger charge is 2.86. The van der Waals surface area contributed by atoms with Crippen molar-refractivity contribution >= 4 is 12.3 Å². The number of morpholine rings is 1. The van der Waals surface area contributed by atoms with Gasteiger partial charge in [-0.25, -0.2) is 0 Å². The number of carboxylic acids is 1. The Morgan fingerprint density at radius 2 is 1.81 bits per heavy atom. The molecular weight excluding hydrogens is 528 g/mol. The van der Waals surface area contributed by atoms with Gasteiger partial charge in [-0.2, -0.15) is 0 Å². The van der Waals surface area contributed by atoms with Crippen LogP contribution in [0.1, 0.15) is 78.6 Å². The maximum Gasteiger partial charge on any atom is 0.315 e. The Labute approximate surface area is 252 Å². The van der Waals surface area contributed by atoms with Gasteiger partial charge in [-0.15, -0.1) is 0 Å². The van der Waals surface area contributed by atoms with Crippen LogP contribution in [0, 0.1) is 51.8 Å². The van der Waals surface area contributed by atoms with Gasteiger partial charge < -0.3 is 24.3 Å². The van der Waals surface area contributed by atoms with Gasteiger partial charge >= 0.3 is 5.97 Å². The highest BCUT2D eigenvalue weighted by molar-refractivity contribution is 5.90. The summed E-state index contributed by atoms with van der Waals surface area (Å²) in [6.45, 7) is 15.0. The molecule has 0 aromatic carbocycles. The first-order valence-electron chi connectivity index (χ1n) is 17.4. The summed E-state index contributed by atoms with van der Waals surface area (Å²) in [5.41, 5.74) is -1.39. The summed E-state index contributed by atoms with van der Waals surface area (Å²) in [7, 11) is 0. The molecule has 42 heavy (non-hydrogen) atoms. The number of hydrogen-bond donors (Lipinski definition) is 1. The number of hydrogen-bond acceptors (Lipinski definition) is 6. The van der Waals surface area contributed by atoms with Crippen LogP contribution in [0.4, 0.5) is 0 Å². The highest BCUT2D eigenvalue weighted by atomic mass is 16.5. The lowest BCUT2D eigenvalue weighted by atomic mass is 9.41. The Morgan fingerprint density at radius 3 is 2.50 bits per heavy atom. The van der Waals surface area contributed by atoms with Crippen LogP contribution in [0.2, 0.25) is 0 Å². The van der Waals surface area contributed by atoms with Gasteiger partial charge in [0.05, 0.1) is 30.8 Å². The van der Waals surface area contributed by atoms with E-state index in [9.17, 15) is 14.7 Å². The van der Waals surface area contributed by atoms with Gasteiger partial charge in [0.25, 0.3) is 0 Å². The fourth-order valence-corrected chi connectivity index (χ4v) is 12.0. The molecule has 0 amide bonds. The van der Waals surface area contributed by atoms with E-state index in [-0.39, 0.29) is 30.0 Å². The molecule has 0 spiro atoms. The van der Waals surface area contributed by atoms with Gasteiger partial charge in [-0.3, -0.25) is 9.69 Å². The van der Waals surface area contributed by atoms with Crippen molar-refractivity contribution in [3.05, 3.63) is 11.6 Å². The summed E-state index contributed by atoms with van der Waals surface area (Å²) < 4.78 is 12.6. The molecule has 1 N–H and O–H groups in total. The predicted molar refractivity (Wildman–Crippen MR) is 161 cm³/mol. The molecule has 7 rings (SSSR count). The van der Waals surface area contributed by atoms with Crippen LogP contribution in [-0.4, -0.2) is 91.9 Å². The fourth-order valence-electron chi connectivity index (χ4n) is 12.0. The first-order chi connectivity index (χ1) is 20.3. The van der Waals surface area contributed by atoms with E-state index in [4.69, 9.17) is 9.47 Å². The molecule has 6 unspecified atom stereocenters. The lowest BCUT2D eigenvalue weighted by molar-refractivity contribution is -0.197. The number of carboxylic acid groups (broad SMARTS) is 1. The molecule has 3 saturated carbocycles. The molecule has 3 saturated heterocycles. The summed E-state index contributed by atoms with van der Waals surface area (Å²) >= 11 is 0. The van der Waals surface area contributed by atoms with Gasteiger partial charge in [0.15, 0.2) is 0 Å². The van der Waals surface area contributed by atoms with Crippen molar-refractivity contribution in [2.24, 2.45) is 51.8 Å². The van der Waals surface area contributed by atoms with E-state index in [2.05, 4.69) is 36.6 Å². The molecule has 6 fully saturated rings. The number of aldehydes is 1. The van der Waals surface area contributed by atoms with Gasteiger partial charge in [0.2, 0.25) is 0 Å². The van der Waals surface area contributed by atoms with Gasteiger partial charge in [-0.05, 0) is 107 Å². The summed E-state index contributed by atoms with van der Waals surface area (Å²) in [6.07, 6.45) is 13.0. The normalized spacial score (nSPS) is 45.9. The largest absolute Gasteiger partial charge is 0.481 e. The van der Waals surface area contributed by atoms with Crippen molar-refractivity contribution < 1.29 is 24.2 Å². The summed E-state index contributed by atoms with van der Waals surface area (Å²) in [4.78, 5) is 32.3. The molecule has 9 atom stereocenters. The van der Waals surface area contributed by atoms with Crippen LogP contribution < -0.4 is 0 Å². The van der Waals surface area contributed by atoms with E-state index in [1.165, 1.54) is 25.8 Å². The van der Waals surface area contributed by atoms with Crippen LogP contribution in [-0.2, 0) is 19.1 Å². The van der Waals surface area contributed by atoms with Crippen LogP contribution in [0.3, 0.4) is 0 Å². The number of piperidine rings is 1. The molecule has 0 aromatic heterocycles. The van der Waals surface area contributed by atoms with Crippen molar-refractivity contribution in [1.82, 2.24) is 9.80 Å². The average Bonchev–Trinajstić information content (AvgIpc) is 3.72. The molecule has 3 aliphatic heterocycles. The monoisotopic (exact) mass is 582 g/mol. The van der Waals surface area contributed by atoms with Crippen molar-refractivity contribution in [2.45, 2.75) is 90.8 Å². The van der Waals surface area contributed by atoms with Crippen molar-refractivity contribution in [3.63, 3.8) is 0 Å². The Balaban J connectivity index is 1.07. The number of fused-ring (bicyclic) bond motifs is 2. The standard InChI is InChI=1S/C35H54N2O5/c1-23(2)30-18-26-19-33(22-38)29-6-4-24(3)28(29)20-34(26,35(30,33)32(39)40)31-7-5-27(42-31)21-37-12-9-25(10-13-37)8-11-36-14-16-41-17-15-36/h18,22-29,31H,4-17,19-21H2,1-3H3,(H,39,40)/t24-,26?,27?,28-,29-,31?,33?,34?,35?/m1/s1. The van der Waals surface area contributed by atoms with Gasteiger partial charge in [0.1, 0.15) is 11.7 Å². The Kier molecular flexibility index (Phi) is 7.68. The minimum atomic E-state index is -1.12. The third kappa shape index (κ3) is 4.04. The number of aliphatic carboxylic acids is 1. The SMILES string of the molecule is CC(C)C1=CC2CC3(C=O)[C@@H]4CC[C@@H](C)[C@H]4CC2(C2CCC(CN4CCC(CCN5CCOCC5)CC4)O2)C13C(=O)O. The van der Waals surface area contributed by atoms with E-state index in [0.29, 0.717) is 18.3 Å². The van der Waals surface area contributed by atoms with Crippen LogP contribution >= 0.6 is 0 Å². The smallest absolute Gasteiger partial charge is 0.315 e. The molecule has 234 valence electrons. The lowest BCUT2D eigenvalue weighted by Crippen LogP contribution is -2.65. The Hall–Kier alpha value is -1.28. The van der Waals surface area contributed by atoms with E-state index >= 15 is 0 Å². The second kappa shape index (κ2) is 11.0. The Bertz CT molecular complexity index is 1080. The van der Waals surface area contributed by atoms with E-state index in [0.717, 1.165) is 95.8 Å². The third-order valence-electron chi connectivity index (χ3n) is 13.8. The minimum Gasteiger partial charge on any atom is -0.481 e. The zero-order valence-electron chi connectivity index (χ0n) is 26.3. The molecule has 7 heteroatoms. The number of carbonyl (C=O) groups excluding carboxylic acids is 1. The highest BCUT2D eigenvalue weighted by Crippen LogP contribution is 2.84. The van der Waals surface area contributed by atoms with Crippen LogP contribution in [0.5, 0.6) is 0 Å². The van der Waals surface area contributed by atoms with E-state index in [1.54, 1.807) is 0 Å². The van der Waals surface area contributed by atoms with E-state index in [1.807, 2.05) is 0 Å². The first-order valence-corrected chi connectivity index (χ1v) is 17.4. The molecule has 4 bridgehead atoms. The van der Waals surface area contributed by atoms with Gasteiger partial charge in [0, 0.05) is 25.0 Å². The quantitative estimate of drug-likeness (QED) is 0.306. The average molecular weight is 583 g/mol. The fraction of sp³-hybridized carbons (Fsp3) is 0.886. The van der Waals surface area contributed by atoms with Crippen molar-refractivity contribution in [3.8, 4) is 0 Å². The van der Waals surface area contributed by atoms with Crippen molar-refractivity contribution in [2.75, 3.05) is 52.5 Å². The van der Waals surface area contributed by atoms with Crippen LogP contribution in [0.15, 0.2) is 11.6 Å². The molecule has 0 aromatic rings. The number of allylic oxidation sites excluding steroid dienone is 1. The maximum atomic E-state index is 13.8. The van der Waals surface area contributed by atoms with Crippen molar-refractivity contribution in [1.29, 1.82) is 0 Å². The minimum absolute atomic E-state index is 0.0854. The topological polar surface area (TPSA) is 79.3 Å². The van der Waals surface area contributed by atoms with Crippen LogP contribution in [0.25, 0.3) is 0 Å². The second-order valence-electron chi connectivity index (χ2n) is 15.7. The summed E-state index contributed by atoms with van der Waals surface area (Å²) in [5, 5.41) is 11.3. The number of rotatable bonds is 9. The lowest BCUT2D eigenvalue weighted by Gasteiger charge is -2.60. The summed E-state index contributed by atoms with van der Waals surface area (Å²) in [5.74, 6) is 1.45. The maximum absolute atomic E-state index is 13.8. The molecule has 7 aliphatic rings. The zero-order chi connectivity index (χ0) is 29.3. The molecule has 0 radical (unpaired) electrons. The number of nitrogens with zero attached hydrogens (tertiary/aromatic N) is 2. The molecule has 7 nitrogen and oxygen atoms in total. The predicted octanol–water partition coefficient (Wildman–Crippen LogP) is 4.89. The summed E-state index contributed by atoms with van der Waals surface area (Å²) in [6, 6.07) is 0. The molecular formula is C35H54N2O5. The Morgan fingerprint density at radius 1 is 1.05 bits per heavy atom. The number of likely N-dealkylation sites (tertiary alicyclic amines) is 1. The number of ether oxygens (including phenoxy) is 2. The third-order valence-corrected chi connectivity index (χ3v) is 13.8. The van der Waals surface area contributed by atoms with Gasteiger partial charge in [-0.1, -0.05) is 38.8 Å². The molecule has 4 aliphatic carbocycles. The van der Waals surface area contributed by atoms with E-state index < -0.39 is 22.2 Å².